The third-order valence-electron chi connectivity index (χ3n) is 2.85. The summed E-state index contributed by atoms with van der Waals surface area (Å²) in [4.78, 5) is 14.2. The summed E-state index contributed by atoms with van der Waals surface area (Å²) in [7, 11) is 0. The Kier molecular flexibility index (Phi) is 6.05. The minimum atomic E-state index is 0.119. The number of halogens is 1. The van der Waals surface area contributed by atoms with Gasteiger partial charge in [-0.3, -0.25) is 4.79 Å². The number of benzene rings is 1. The third kappa shape index (κ3) is 4.98. The Labute approximate surface area is 125 Å². The van der Waals surface area contributed by atoms with Crippen molar-refractivity contribution in [1.29, 1.82) is 0 Å². The van der Waals surface area contributed by atoms with Crippen LogP contribution in [0, 0.1) is 11.8 Å². The number of carbonyl (C=O) groups excluding carboxylic acids is 1. The van der Waals surface area contributed by atoms with Crippen LogP contribution in [0.2, 0.25) is 0 Å². The van der Waals surface area contributed by atoms with Crippen molar-refractivity contribution in [3.8, 4) is 0 Å². The molecule has 0 heterocycles. The van der Waals surface area contributed by atoms with E-state index in [0.717, 1.165) is 28.8 Å². The zero-order chi connectivity index (χ0) is 14.6. The van der Waals surface area contributed by atoms with Crippen LogP contribution in [-0.2, 0) is 0 Å². The molecule has 0 N–H and O–H groups in total. The maximum Gasteiger partial charge on any atom is 0.161 e. The van der Waals surface area contributed by atoms with Gasteiger partial charge in [0.15, 0.2) is 5.78 Å². The molecule has 0 aliphatic rings. The predicted molar refractivity (Wildman–Crippen MR) is 86.0 cm³/mol. The first-order valence-electron chi connectivity index (χ1n) is 6.86. The lowest BCUT2D eigenvalue weighted by molar-refractivity contribution is 0.101. The molecular formula is C16H24BrNO. The van der Waals surface area contributed by atoms with Crippen LogP contribution in [0.1, 0.15) is 45.0 Å². The fraction of sp³-hybridized carbons (Fsp3) is 0.562. The highest BCUT2D eigenvalue weighted by Crippen LogP contribution is 2.26. The molecule has 2 nitrogen and oxygen atoms in total. The smallest absolute Gasteiger partial charge is 0.161 e. The molecule has 0 saturated carbocycles. The van der Waals surface area contributed by atoms with Crippen LogP contribution < -0.4 is 4.90 Å². The third-order valence-corrected chi connectivity index (χ3v) is 3.34. The van der Waals surface area contributed by atoms with Gasteiger partial charge < -0.3 is 4.90 Å². The van der Waals surface area contributed by atoms with Gasteiger partial charge in [-0.05, 0) is 37.0 Å². The van der Waals surface area contributed by atoms with Crippen LogP contribution in [0.5, 0.6) is 0 Å². The van der Waals surface area contributed by atoms with E-state index in [1.54, 1.807) is 6.92 Å². The number of hydrogen-bond donors (Lipinski definition) is 0. The standard InChI is InChI=1S/C16H24BrNO/c1-11(2)9-18(10-12(3)4)16-7-6-14(17)8-15(16)13(5)19/h6-8,11-12H,9-10H2,1-5H3. The number of hydrogen-bond acceptors (Lipinski definition) is 2. The van der Waals surface area contributed by atoms with Crippen molar-refractivity contribution in [2.24, 2.45) is 11.8 Å². The molecule has 0 aromatic heterocycles. The first-order chi connectivity index (χ1) is 8.81. The Balaban J connectivity index is 3.16. The summed E-state index contributed by atoms with van der Waals surface area (Å²) in [6.07, 6.45) is 0. The second-order valence-corrected chi connectivity index (χ2v) is 6.83. The zero-order valence-corrected chi connectivity index (χ0v) is 14.1. The molecular weight excluding hydrogens is 302 g/mol. The number of rotatable bonds is 6. The topological polar surface area (TPSA) is 20.3 Å². The first-order valence-corrected chi connectivity index (χ1v) is 7.66. The Morgan fingerprint density at radius 2 is 1.68 bits per heavy atom. The van der Waals surface area contributed by atoms with Crippen LogP contribution in [0.15, 0.2) is 22.7 Å². The molecule has 106 valence electrons. The second-order valence-electron chi connectivity index (χ2n) is 5.91. The lowest BCUT2D eigenvalue weighted by Gasteiger charge is -2.30. The van der Waals surface area contributed by atoms with Gasteiger partial charge in [-0.15, -0.1) is 0 Å². The molecule has 0 aliphatic carbocycles. The van der Waals surface area contributed by atoms with Crippen LogP contribution in [0.4, 0.5) is 5.69 Å². The van der Waals surface area contributed by atoms with Gasteiger partial charge in [0.25, 0.3) is 0 Å². The van der Waals surface area contributed by atoms with E-state index in [-0.39, 0.29) is 5.78 Å². The maximum atomic E-state index is 11.8. The number of anilines is 1. The van der Waals surface area contributed by atoms with Gasteiger partial charge in [0.05, 0.1) is 0 Å². The SMILES string of the molecule is CC(=O)c1cc(Br)ccc1N(CC(C)C)CC(C)C. The van der Waals surface area contributed by atoms with Crippen molar-refractivity contribution in [3.63, 3.8) is 0 Å². The molecule has 0 radical (unpaired) electrons. The number of carbonyl (C=O) groups is 1. The molecule has 1 aromatic carbocycles. The normalized spacial score (nSPS) is 11.2. The number of Topliss-reactive ketones (excluding diaryl/α,β-unsaturated/α-hetero) is 1. The molecule has 0 fully saturated rings. The lowest BCUT2D eigenvalue weighted by atomic mass is 10.1. The number of ketones is 1. The minimum Gasteiger partial charge on any atom is -0.370 e. The van der Waals surface area contributed by atoms with E-state index < -0.39 is 0 Å². The highest BCUT2D eigenvalue weighted by molar-refractivity contribution is 9.10. The molecule has 0 unspecified atom stereocenters. The van der Waals surface area contributed by atoms with Gasteiger partial charge in [0.2, 0.25) is 0 Å². The van der Waals surface area contributed by atoms with Crippen LogP contribution in [0.3, 0.4) is 0 Å². The van der Waals surface area contributed by atoms with Crippen LogP contribution in [-0.4, -0.2) is 18.9 Å². The van der Waals surface area contributed by atoms with E-state index in [2.05, 4.69) is 48.5 Å². The molecule has 1 rings (SSSR count). The van der Waals surface area contributed by atoms with Crippen molar-refractivity contribution in [2.45, 2.75) is 34.6 Å². The maximum absolute atomic E-state index is 11.8. The summed E-state index contributed by atoms with van der Waals surface area (Å²) in [5.41, 5.74) is 1.86. The molecule has 0 atom stereocenters. The minimum absolute atomic E-state index is 0.119. The summed E-state index contributed by atoms with van der Waals surface area (Å²) in [5, 5.41) is 0. The highest BCUT2D eigenvalue weighted by atomic mass is 79.9. The van der Waals surface area contributed by atoms with Crippen LogP contribution in [0.25, 0.3) is 0 Å². The molecule has 19 heavy (non-hydrogen) atoms. The van der Waals surface area contributed by atoms with Gasteiger partial charge in [-0.1, -0.05) is 43.6 Å². The predicted octanol–water partition coefficient (Wildman–Crippen LogP) is 4.77. The van der Waals surface area contributed by atoms with E-state index >= 15 is 0 Å². The Bertz CT molecular complexity index is 430. The summed E-state index contributed by atoms with van der Waals surface area (Å²) >= 11 is 3.44. The van der Waals surface area contributed by atoms with E-state index in [4.69, 9.17) is 0 Å². The van der Waals surface area contributed by atoms with Crippen molar-refractivity contribution in [3.05, 3.63) is 28.2 Å². The summed E-state index contributed by atoms with van der Waals surface area (Å²) in [6, 6.07) is 5.98. The fourth-order valence-corrected chi connectivity index (χ4v) is 2.58. The first kappa shape index (κ1) is 16.2. The highest BCUT2D eigenvalue weighted by Gasteiger charge is 2.16. The Hall–Kier alpha value is -0.830. The molecule has 0 amide bonds. The largest absolute Gasteiger partial charge is 0.370 e. The van der Waals surface area contributed by atoms with E-state index in [1.807, 2.05) is 18.2 Å². The average molecular weight is 326 g/mol. The molecule has 0 saturated heterocycles. The lowest BCUT2D eigenvalue weighted by Crippen LogP contribution is -2.32. The molecule has 0 bridgehead atoms. The molecule has 1 aromatic rings. The summed E-state index contributed by atoms with van der Waals surface area (Å²) < 4.78 is 0.954. The van der Waals surface area contributed by atoms with E-state index in [0.29, 0.717) is 11.8 Å². The van der Waals surface area contributed by atoms with E-state index in [9.17, 15) is 4.79 Å². The average Bonchev–Trinajstić information content (AvgIpc) is 2.26. The molecule has 3 heteroatoms. The number of nitrogens with zero attached hydrogens (tertiary/aromatic N) is 1. The fourth-order valence-electron chi connectivity index (χ4n) is 2.22. The molecule has 0 spiro atoms. The van der Waals surface area contributed by atoms with Gasteiger partial charge >= 0.3 is 0 Å². The van der Waals surface area contributed by atoms with Gasteiger partial charge in [0.1, 0.15) is 0 Å². The van der Waals surface area contributed by atoms with Gasteiger partial charge in [0, 0.05) is 28.8 Å². The van der Waals surface area contributed by atoms with Gasteiger partial charge in [-0.25, -0.2) is 0 Å². The second kappa shape index (κ2) is 7.09. The monoisotopic (exact) mass is 325 g/mol. The summed E-state index contributed by atoms with van der Waals surface area (Å²) in [6.45, 7) is 12.4. The Morgan fingerprint density at radius 3 is 2.11 bits per heavy atom. The quantitative estimate of drug-likeness (QED) is 0.702. The van der Waals surface area contributed by atoms with Crippen molar-refractivity contribution in [1.82, 2.24) is 0 Å². The van der Waals surface area contributed by atoms with Gasteiger partial charge in [-0.2, -0.15) is 0 Å². The zero-order valence-electron chi connectivity index (χ0n) is 12.5. The molecule has 0 aliphatic heterocycles. The van der Waals surface area contributed by atoms with Crippen molar-refractivity contribution in [2.75, 3.05) is 18.0 Å². The Morgan fingerprint density at radius 1 is 1.16 bits per heavy atom. The van der Waals surface area contributed by atoms with Crippen molar-refractivity contribution < 1.29 is 4.79 Å². The van der Waals surface area contributed by atoms with E-state index in [1.165, 1.54) is 0 Å². The van der Waals surface area contributed by atoms with Crippen molar-refractivity contribution >= 4 is 27.4 Å². The van der Waals surface area contributed by atoms with Crippen LogP contribution >= 0.6 is 15.9 Å². The summed E-state index contributed by atoms with van der Waals surface area (Å²) in [5.74, 6) is 1.26.